The van der Waals surface area contributed by atoms with E-state index >= 15 is 0 Å². The molecule has 0 saturated carbocycles. The molecule has 0 fully saturated rings. The quantitative estimate of drug-likeness (QED) is 0.567. The van der Waals surface area contributed by atoms with Crippen LogP contribution in [0, 0.1) is 6.92 Å². The van der Waals surface area contributed by atoms with Gasteiger partial charge in [0.1, 0.15) is 11.6 Å². The molecule has 0 radical (unpaired) electrons. The molecule has 2 N–H and O–H groups in total. The third-order valence-corrected chi connectivity index (χ3v) is 1.24. The van der Waals surface area contributed by atoms with Crippen molar-refractivity contribution in [1.29, 1.82) is 0 Å². The van der Waals surface area contributed by atoms with Crippen molar-refractivity contribution in [3.63, 3.8) is 0 Å². The highest BCUT2D eigenvalue weighted by Crippen LogP contribution is 2.01. The summed E-state index contributed by atoms with van der Waals surface area (Å²) in [5.41, 5.74) is 5.33. The molecule has 0 aliphatic rings. The van der Waals surface area contributed by atoms with E-state index in [0.29, 0.717) is 11.6 Å². The third kappa shape index (κ3) is 1.00. The lowest BCUT2D eigenvalue weighted by atomic mass is 10.6. The van der Waals surface area contributed by atoms with Gasteiger partial charge in [-0.25, -0.2) is 4.98 Å². The SMILES string of the molecule is CC(=O)n1cc(N)nc1C. The molecule has 0 aliphatic carbocycles. The van der Waals surface area contributed by atoms with E-state index in [1.54, 1.807) is 6.92 Å². The van der Waals surface area contributed by atoms with E-state index in [1.165, 1.54) is 17.7 Å². The summed E-state index contributed by atoms with van der Waals surface area (Å²) in [4.78, 5) is 14.6. The van der Waals surface area contributed by atoms with Gasteiger partial charge in [0.15, 0.2) is 0 Å². The molecule has 0 unspecified atom stereocenters. The Bertz CT molecular complexity index is 264. The van der Waals surface area contributed by atoms with Crippen molar-refractivity contribution < 1.29 is 4.79 Å². The number of anilines is 1. The fourth-order valence-corrected chi connectivity index (χ4v) is 0.814. The van der Waals surface area contributed by atoms with Gasteiger partial charge in [-0.1, -0.05) is 0 Å². The summed E-state index contributed by atoms with van der Waals surface area (Å²) >= 11 is 0. The van der Waals surface area contributed by atoms with E-state index in [2.05, 4.69) is 4.98 Å². The number of rotatable bonds is 0. The van der Waals surface area contributed by atoms with Gasteiger partial charge in [0, 0.05) is 6.92 Å². The average Bonchev–Trinajstić information content (AvgIpc) is 2.10. The first-order valence-corrected chi connectivity index (χ1v) is 2.93. The lowest BCUT2D eigenvalue weighted by Crippen LogP contribution is -2.05. The smallest absolute Gasteiger partial charge is 0.228 e. The van der Waals surface area contributed by atoms with Crippen LogP contribution in [0.1, 0.15) is 17.5 Å². The maximum atomic E-state index is 10.7. The zero-order valence-corrected chi connectivity index (χ0v) is 5.96. The van der Waals surface area contributed by atoms with Crippen LogP contribution in [0.25, 0.3) is 0 Å². The van der Waals surface area contributed by atoms with Gasteiger partial charge in [-0.2, -0.15) is 0 Å². The van der Waals surface area contributed by atoms with Crippen LogP contribution in [0.3, 0.4) is 0 Å². The Labute approximate surface area is 58.7 Å². The van der Waals surface area contributed by atoms with Crippen molar-refractivity contribution >= 4 is 11.7 Å². The molecule has 10 heavy (non-hydrogen) atoms. The fourth-order valence-electron chi connectivity index (χ4n) is 0.814. The zero-order chi connectivity index (χ0) is 7.72. The summed E-state index contributed by atoms with van der Waals surface area (Å²) in [6.07, 6.45) is 1.51. The highest BCUT2D eigenvalue weighted by Gasteiger charge is 2.02. The number of carbonyl (C=O) groups excluding carboxylic acids is 1. The number of nitrogen functional groups attached to an aromatic ring is 1. The number of nitrogens with two attached hydrogens (primary N) is 1. The molecule has 1 aromatic rings. The number of carbonyl (C=O) groups is 1. The Balaban J connectivity index is 3.15. The zero-order valence-electron chi connectivity index (χ0n) is 5.96. The normalized spacial score (nSPS) is 9.80. The number of nitrogens with zero attached hydrogens (tertiary/aromatic N) is 2. The van der Waals surface area contributed by atoms with Crippen molar-refractivity contribution in [3.8, 4) is 0 Å². The van der Waals surface area contributed by atoms with Crippen LogP contribution in [0.15, 0.2) is 6.20 Å². The molecule has 1 heterocycles. The predicted octanol–water partition coefficient (Wildman–Crippen LogP) is 0.434. The molecule has 1 aromatic heterocycles. The monoisotopic (exact) mass is 139 g/mol. The van der Waals surface area contributed by atoms with Crippen LogP contribution >= 0.6 is 0 Å². The molecule has 0 spiro atoms. The molecule has 4 nitrogen and oxygen atoms in total. The summed E-state index contributed by atoms with van der Waals surface area (Å²) in [7, 11) is 0. The average molecular weight is 139 g/mol. The predicted molar refractivity (Wildman–Crippen MR) is 37.7 cm³/mol. The fraction of sp³-hybridized carbons (Fsp3) is 0.333. The number of aromatic nitrogens is 2. The van der Waals surface area contributed by atoms with Crippen molar-refractivity contribution in [1.82, 2.24) is 9.55 Å². The highest BCUT2D eigenvalue weighted by molar-refractivity contribution is 5.77. The van der Waals surface area contributed by atoms with Crippen LogP contribution in [0.4, 0.5) is 5.82 Å². The van der Waals surface area contributed by atoms with E-state index in [4.69, 9.17) is 5.73 Å². The van der Waals surface area contributed by atoms with E-state index in [9.17, 15) is 4.79 Å². The second kappa shape index (κ2) is 2.13. The second-order valence-electron chi connectivity index (χ2n) is 2.10. The van der Waals surface area contributed by atoms with Crippen LogP contribution in [-0.2, 0) is 0 Å². The first-order chi connectivity index (χ1) is 4.61. The number of hydrogen-bond donors (Lipinski definition) is 1. The van der Waals surface area contributed by atoms with Gasteiger partial charge in [0.05, 0.1) is 6.20 Å². The van der Waals surface area contributed by atoms with Crippen LogP contribution in [0.5, 0.6) is 0 Å². The van der Waals surface area contributed by atoms with Gasteiger partial charge >= 0.3 is 0 Å². The summed E-state index contributed by atoms with van der Waals surface area (Å²) in [6.45, 7) is 3.20. The minimum absolute atomic E-state index is 0.0679. The van der Waals surface area contributed by atoms with Crippen LogP contribution in [0.2, 0.25) is 0 Å². The van der Waals surface area contributed by atoms with E-state index in [-0.39, 0.29) is 5.91 Å². The van der Waals surface area contributed by atoms with E-state index in [0.717, 1.165) is 0 Å². The maximum Gasteiger partial charge on any atom is 0.228 e. The molecule has 0 atom stereocenters. The molecular formula is C6H9N3O. The minimum Gasteiger partial charge on any atom is -0.382 e. The van der Waals surface area contributed by atoms with Crippen molar-refractivity contribution in [2.24, 2.45) is 0 Å². The summed E-state index contributed by atoms with van der Waals surface area (Å²) in [6, 6.07) is 0. The number of imidazole rings is 1. The Morgan fingerprint density at radius 3 is 2.60 bits per heavy atom. The molecule has 0 amide bonds. The Morgan fingerprint density at radius 1 is 1.80 bits per heavy atom. The van der Waals surface area contributed by atoms with Crippen molar-refractivity contribution in [2.75, 3.05) is 5.73 Å². The van der Waals surface area contributed by atoms with Gasteiger partial charge in [-0.3, -0.25) is 9.36 Å². The standard InChI is InChI=1S/C6H9N3O/c1-4-8-6(7)3-9(4)5(2)10/h3H,7H2,1-2H3. The minimum atomic E-state index is -0.0679. The van der Waals surface area contributed by atoms with Crippen LogP contribution in [-0.4, -0.2) is 15.5 Å². The molecule has 1 rings (SSSR count). The molecule has 0 saturated heterocycles. The molecule has 0 bridgehead atoms. The lowest BCUT2D eigenvalue weighted by Gasteiger charge is -1.93. The van der Waals surface area contributed by atoms with Crippen molar-refractivity contribution in [3.05, 3.63) is 12.0 Å². The lowest BCUT2D eigenvalue weighted by molar-refractivity contribution is 0.0934. The maximum absolute atomic E-state index is 10.7. The van der Waals surface area contributed by atoms with Gasteiger partial charge in [-0.05, 0) is 6.92 Å². The van der Waals surface area contributed by atoms with Gasteiger partial charge in [0.25, 0.3) is 0 Å². The molecule has 0 aromatic carbocycles. The Hall–Kier alpha value is -1.32. The van der Waals surface area contributed by atoms with E-state index < -0.39 is 0 Å². The highest BCUT2D eigenvalue weighted by atomic mass is 16.1. The Morgan fingerprint density at radius 2 is 2.40 bits per heavy atom. The molecule has 4 heteroatoms. The number of aryl methyl sites for hydroxylation is 1. The van der Waals surface area contributed by atoms with Crippen molar-refractivity contribution in [2.45, 2.75) is 13.8 Å². The first kappa shape index (κ1) is 6.80. The van der Waals surface area contributed by atoms with E-state index in [1.807, 2.05) is 0 Å². The topological polar surface area (TPSA) is 60.9 Å². The number of hydrogen-bond acceptors (Lipinski definition) is 3. The molecule has 0 aliphatic heterocycles. The Kier molecular flexibility index (Phi) is 1.45. The molecular weight excluding hydrogens is 130 g/mol. The first-order valence-electron chi connectivity index (χ1n) is 2.93. The summed E-state index contributed by atoms with van der Waals surface area (Å²) in [5.74, 6) is 0.944. The summed E-state index contributed by atoms with van der Waals surface area (Å²) in [5, 5.41) is 0. The van der Waals surface area contributed by atoms with Gasteiger partial charge < -0.3 is 5.73 Å². The second-order valence-corrected chi connectivity index (χ2v) is 2.10. The van der Waals surface area contributed by atoms with Crippen LogP contribution < -0.4 is 5.73 Å². The molecule has 54 valence electrons. The largest absolute Gasteiger partial charge is 0.382 e. The van der Waals surface area contributed by atoms with Gasteiger partial charge in [0.2, 0.25) is 5.91 Å². The summed E-state index contributed by atoms with van der Waals surface area (Å²) < 4.78 is 1.41. The third-order valence-electron chi connectivity index (χ3n) is 1.24. The van der Waals surface area contributed by atoms with Gasteiger partial charge in [-0.15, -0.1) is 0 Å².